The van der Waals surface area contributed by atoms with Crippen molar-refractivity contribution in [1.82, 2.24) is 4.98 Å². The summed E-state index contributed by atoms with van der Waals surface area (Å²) in [7, 11) is 1.37. The minimum absolute atomic E-state index is 0.389. The number of rotatable bonds is 6. The van der Waals surface area contributed by atoms with Crippen LogP contribution in [0.1, 0.15) is 33.6 Å². The van der Waals surface area contributed by atoms with Gasteiger partial charge in [-0.25, -0.2) is 9.78 Å². The molecule has 0 unspecified atom stereocenters. The van der Waals surface area contributed by atoms with Crippen molar-refractivity contribution in [3.05, 3.63) is 53.7 Å². The summed E-state index contributed by atoms with van der Waals surface area (Å²) in [5.74, 6) is 1.49. The number of aromatic nitrogens is 1. The predicted octanol–water partition coefficient (Wildman–Crippen LogP) is 2.98. The number of pyridine rings is 1. The summed E-state index contributed by atoms with van der Waals surface area (Å²) in [4.78, 5) is 29.1. The van der Waals surface area contributed by atoms with E-state index in [0.29, 0.717) is 29.4 Å². The second-order valence-electron chi connectivity index (χ2n) is 6.30. The van der Waals surface area contributed by atoms with E-state index in [-0.39, 0.29) is 5.97 Å². The Morgan fingerprint density at radius 3 is 2.65 bits per heavy atom. The molecular formula is C20H22N2O4. The molecule has 2 heterocycles. The SMILES string of the molecule is COC(=O)c1ccccc1OCC1CCN(c2ccc(C=O)cn2)CC1. The maximum Gasteiger partial charge on any atom is 0.341 e. The standard InChI is InChI=1S/C20H22N2O4/c1-25-20(24)17-4-2-3-5-18(17)26-14-15-8-10-22(11-9-15)19-7-6-16(13-23)12-21-19/h2-7,12-13,15H,8-11,14H2,1H3. The van der Waals surface area contributed by atoms with Gasteiger partial charge >= 0.3 is 5.97 Å². The molecule has 1 saturated heterocycles. The molecule has 1 aliphatic heterocycles. The van der Waals surface area contributed by atoms with Crippen LogP contribution in [0.15, 0.2) is 42.6 Å². The topological polar surface area (TPSA) is 68.7 Å². The minimum Gasteiger partial charge on any atom is -0.492 e. The summed E-state index contributed by atoms with van der Waals surface area (Å²) in [6.45, 7) is 2.35. The maximum absolute atomic E-state index is 11.8. The van der Waals surface area contributed by atoms with Crippen molar-refractivity contribution < 1.29 is 19.1 Å². The fourth-order valence-electron chi connectivity index (χ4n) is 3.06. The van der Waals surface area contributed by atoms with Gasteiger partial charge in [-0.05, 0) is 43.0 Å². The first-order valence-corrected chi connectivity index (χ1v) is 8.67. The first-order valence-electron chi connectivity index (χ1n) is 8.67. The zero-order valence-electron chi connectivity index (χ0n) is 14.8. The maximum atomic E-state index is 11.8. The van der Waals surface area contributed by atoms with Gasteiger partial charge in [-0.1, -0.05) is 12.1 Å². The first kappa shape index (κ1) is 17.9. The van der Waals surface area contributed by atoms with Crippen LogP contribution in [-0.2, 0) is 4.74 Å². The van der Waals surface area contributed by atoms with E-state index in [2.05, 4.69) is 9.88 Å². The summed E-state index contributed by atoms with van der Waals surface area (Å²) < 4.78 is 10.7. The fourth-order valence-corrected chi connectivity index (χ4v) is 3.06. The predicted molar refractivity (Wildman–Crippen MR) is 97.8 cm³/mol. The molecule has 136 valence electrons. The highest BCUT2D eigenvalue weighted by Crippen LogP contribution is 2.24. The van der Waals surface area contributed by atoms with Crippen LogP contribution in [0.25, 0.3) is 0 Å². The number of esters is 1. The highest BCUT2D eigenvalue weighted by molar-refractivity contribution is 5.92. The Balaban J connectivity index is 1.53. The van der Waals surface area contributed by atoms with E-state index in [9.17, 15) is 9.59 Å². The van der Waals surface area contributed by atoms with Crippen molar-refractivity contribution in [2.24, 2.45) is 5.92 Å². The van der Waals surface area contributed by atoms with Crippen LogP contribution in [-0.4, -0.2) is 44.0 Å². The molecule has 6 nitrogen and oxygen atoms in total. The van der Waals surface area contributed by atoms with E-state index in [0.717, 1.165) is 38.0 Å². The average molecular weight is 354 g/mol. The van der Waals surface area contributed by atoms with Gasteiger partial charge in [0.1, 0.15) is 17.1 Å². The monoisotopic (exact) mass is 354 g/mol. The molecule has 1 aromatic heterocycles. The number of piperidine rings is 1. The van der Waals surface area contributed by atoms with Gasteiger partial charge in [-0.15, -0.1) is 0 Å². The molecule has 0 spiro atoms. The molecule has 3 rings (SSSR count). The highest BCUT2D eigenvalue weighted by atomic mass is 16.5. The number of para-hydroxylation sites is 1. The van der Waals surface area contributed by atoms with E-state index in [1.807, 2.05) is 12.1 Å². The van der Waals surface area contributed by atoms with Crippen molar-refractivity contribution in [1.29, 1.82) is 0 Å². The Morgan fingerprint density at radius 1 is 1.23 bits per heavy atom. The van der Waals surface area contributed by atoms with Gasteiger partial charge < -0.3 is 14.4 Å². The number of hydrogen-bond donors (Lipinski definition) is 0. The van der Waals surface area contributed by atoms with Crippen LogP contribution >= 0.6 is 0 Å². The third-order valence-corrected chi connectivity index (χ3v) is 4.61. The second-order valence-corrected chi connectivity index (χ2v) is 6.30. The lowest BCUT2D eigenvalue weighted by Crippen LogP contribution is -2.36. The molecule has 1 fully saturated rings. The van der Waals surface area contributed by atoms with Gasteiger partial charge in [0.2, 0.25) is 0 Å². The molecule has 0 atom stereocenters. The second kappa shape index (κ2) is 8.47. The molecule has 6 heteroatoms. The zero-order chi connectivity index (χ0) is 18.4. The van der Waals surface area contributed by atoms with E-state index in [1.165, 1.54) is 7.11 Å². The smallest absolute Gasteiger partial charge is 0.341 e. The molecule has 1 aromatic carbocycles. The average Bonchev–Trinajstić information content (AvgIpc) is 2.72. The molecule has 1 aliphatic rings. The number of aldehydes is 1. The van der Waals surface area contributed by atoms with Gasteiger partial charge in [0.25, 0.3) is 0 Å². The Bertz CT molecular complexity index is 753. The van der Waals surface area contributed by atoms with E-state index in [1.54, 1.807) is 30.5 Å². The lowest BCUT2D eigenvalue weighted by molar-refractivity contribution is 0.0594. The first-order chi connectivity index (χ1) is 12.7. The number of anilines is 1. The summed E-state index contributed by atoms with van der Waals surface area (Å²) in [5, 5.41) is 0. The number of methoxy groups -OCH3 is 1. The Kier molecular flexibility index (Phi) is 5.84. The van der Waals surface area contributed by atoms with Crippen LogP contribution in [0.4, 0.5) is 5.82 Å². The van der Waals surface area contributed by atoms with Crippen LogP contribution < -0.4 is 9.64 Å². The Hall–Kier alpha value is -2.89. The summed E-state index contributed by atoms with van der Waals surface area (Å²) in [6, 6.07) is 10.8. The molecule has 0 radical (unpaired) electrons. The molecule has 0 bridgehead atoms. The van der Waals surface area contributed by atoms with Crippen LogP contribution in [0, 0.1) is 5.92 Å². The largest absolute Gasteiger partial charge is 0.492 e. The van der Waals surface area contributed by atoms with Gasteiger partial charge in [-0.2, -0.15) is 0 Å². The van der Waals surface area contributed by atoms with Gasteiger partial charge in [0.15, 0.2) is 6.29 Å². The van der Waals surface area contributed by atoms with Gasteiger partial charge in [0.05, 0.1) is 13.7 Å². The number of benzene rings is 1. The van der Waals surface area contributed by atoms with E-state index in [4.69, 9.17) is 9.47 Å². The lowest BCUT2D eigenvalue weighted by atomic mass is 9.97. The highest BCUT2D eigenvalue weighted by Gasteiger charge is 2.21. The normalized spacial score (nSPS) is 14.7. The molecular weight excluding hydrogens is 332 g/mol. The molecule has 0 saturated carbocycles. The van der Waals surface area contributed by atoms with E-state index < -0.39 is 0 Å². The summed E-state index contributed by atoms with van der Waals surface area (Å²) >= 11 is 0. The number of hydrogen-bond acceptors (Lipinski definition) is 6. The van der Waals surface area contributed by atoms with Gasteiger partial charge in [-0.3, -0.25) is 4.79 Å². The number of carbonyl (C=O) groups is 2. The minimum atomic E-state index is -0.389. The summed E-state index contributed by atoms with van der Waals surface area (Å²) in [6.07, 6.45) is 4.36. The van der Waals surface area contributed by atoms with Crippen molar-refractivity contribution in [2.45, 2.75) is 12.8 Å². The molecule has 0 N–H and O–H groups in total. The third-order valence-electron chi connectivity index (χ3n) is 4.61. The molecule has 26 heavy (non-hydrogen) atoms. The van der Waals surface area contributed by atoms with Crippen molar-refractivity contribution in [3.63, 3.8) is 0 Å². The number of carbonyl (C=O) groups excluding carboxylic acids is 2. The van der Waals surface area contributed by atoms with Crippen molar-refractivity contribution >= 4 is 18.1 Å². The molecule has 0 amide bonds. The van der Waals surface area contributed by atoms with Crippen molar-refractivity contribution in [2.75, 3.05) is 31.7 Å². The number of nitrogens with zero attached hydrogens (tertiary/aromatic N) is 2. The van der Waals surface area contributed by atoms with Crippen LogP contribution in [0.3, 0.4) is 0 Å². The summed E-state index contributed by atoms with van der Waals surface area (Å²) in [5.41, 5.74) is 1.04. The lowest BCUT2D eigenvalue weighted by Gasteiger charge is -2.32. The third kappa shape index (κ3) is 4.20. The molecule has 2 aromatic rings. The quantitative estimate of drug-likeness (QED) is 0.587. The fraction of sp³-hybridized carbons (Fsp3) is 0.350. The van der Waals surface area contributed by atoms with Crippen molar-refractivity contribution in [3.8, 4) is 5.75 Å². The van der Waals surface area contributed by atoms with Crippen LogP contribution in [0.2, 0.25) is 0 Å². The van der Waals surface area contributed by atoms with Crippen LogP contribution in [0.5, 0.6) is 5.75 Å². The molecule has 0 aliphatic carbocycles. The number of ether oxygens (including phenoxy) is 2. The Labute approximate surface area is 152 Å². The van der Waals surface area contributed by atoms with E-state index >= 15 is 0 Å². The Morgan fingerprint density at radius 2 is 2.00 bits per heavy atom. The zero-order valence-corrected chi connectivity index (χ0v) is 14.8. The van der Waals surface area contributed by atoms with Gasteiger partial charge in [0, 0.05) is 24.8 Å².